The van der Waals surface area contributed by atoms with Crippen molar-refractivity contribution in [3.05, 3.63) is 5.82 Å². The highest BCUT2D eigenvalue weighted by Gasteiger charge is 2.38. The van der Waals surface area contributed by atoms with Gasteiger partial charge >= 0.3 is 5.97 Å². The van der Waals surface area contributed by atoms with Gasteiger partial charge in [-0.2, -0.15) is 5.21 Å². The van der Waals surface area contributed by atoms with Gasteiger partial charge in [-0.05, 0) is 50.0 Å². The van der Waals surface area contributed by atoms with E-state index in [0.717, 1.165) is 31.6 Å². The molecule has 1 aromatic rings. The Morgan fingerprint density at radius 3 is 2.95 bits per heavy atom. The van der Waals surface area contributed by atoms with Crippen molar-refractivity contribution in [2.75, 3.05) is 6.54 Å². The Morgan fingerprint density at radius 1 is 1.38 bits per heavy atom. The summed E-state index contributed by atoms with van der Waals surface area (Å²) in [6.07, 6.45) is 5.40. The molecule has 0 radical (unpaired) electrons. The average Bonchev–Trinajstić information content (AvgIpc) is 3.00. The van der Waals surface area contributed by atoms with E-state index in [1.165, 1.54) is 12.8 Å². The number of H-pyrrole nitrogens is 1. The molecule has 1 saturated heterocycles. The number of rotatable bonds is 4. The number of carbonyl (C=O) groups is 1. The Hall–Kier alpha value is -1.50. The Labute approximate surface area is 123 Å². The summed E-state index contributed by atoms with van der Waals surface area (Å²) in [5, 5.41) is 26.6. The van der Waals surface area contributed by atoms with Crippen molar-refractivity contribution in [1.29, 1.82) is 0 Å². The van der Waals surface area contributed by atoms with E-state index in [1.807, 2.05) is 0 Å². The first kappa shape index (κ1) is 14.4. The molecule has 1 aromatic heterocycles. The quantitative estimate of drug-likeness (QED) is 0.770. The molecule has 7 heteroatoms. The first-order valence-corrected chi connectivity index (χ1v) is 7.83. The molecule has 5 atom stereocenters. The standard InChI is InChI=1S/C14H23N5O2/c1-8(13-16-18-19-17-13)4-9-2-3-10-7-15-12(14(20)21)6-11(10)5-9/h8-12,15H,2-7H2,1H3,(H,20,21)(H,16,17,18,19)/t8?,9-,10+,11-,12+/m0/s1. The molecule has 1 saturated carbocycles. The normalized spacial score (nSPS) is 34.1. The van der Waals surface area contributed by atoms with Crippen molar-refractivity contribution in [1.82, 2.24) is 25.9 Å². The second kappa shape index (κ2) is 6.09. The van der Waals surface area contributed by atoms with E-state index in [1.54, 1.807) is 0 Å². The molecule has 0 amide bonds. The maximum absolute atomic E-state index is 11.2. The van der Waals surface area contributed by atoms with Gasteiger partial charge in [0.05, 0.1) is 0 Å². The average molecular weight is 293 g/mol. The van der Waals surface area contributed by atoms with Gasteiger partial charge < -0.3 is 10.4 Å². The summed E-state index contributed by atoms with van der Waals surface area (Å²) >= 11 is 0. The van der Waals surface area contributed by atoms with Gasteiger partial charge in [-0.15, -0.1) is 10.2 Å². The van der Waals surface area contributed by atoms with Gasteiger partial charge in [0, 0.05) is 5.92 Å². The number of carboxylic acid groups (broad SMARTS) is 1. The first-order valence-electron chi connectivity index (χ1n) is 7.83. The van der Waals surface area contributed by atoms with E-state index in [4.69, 9.17) is 0 Å². The number of fused-ring (bicyclic) bond motifs is 1. The van der Waals surface area contributed by atoms with Gasteiger partial charge in [-0.25, -0.2) is 0 Å². The molecule has 3 rings (SSSR count). The molecule has 0 bridgehead atoms. The van der Waals surface area contributed by atoms with Crippen LogP contribution in [-0.4, -0.2) is 44.3 Å². The molecule has 7 nitrogen and oxygen atoms in total. The van der Waals surface area contributed by atoms with E-state index in [2.05, 4.69) is 32.9 Å². The van der Waals surface area contributed by atoms with Crippen molar-refractivity contribution in [2.24, 2.45) is 17.8 Å². The Balaban J connectivity index is 1.56. The van der Waals surface area contributed by atoms with Crippen LogP contribution in [0.4, 0.5) is 0 Å². The fourth-order valence-corrected chi connectivity index (χ4v) is 4.05. The summed E-state index contributed by atoms with van der Waals surface area (Å²) in [6, 6.07) is -0.361. The predicted molar refractivity (Wildman–Crippen MR) is 75.6 cm³/mol. The fraction of sp³-hybridized carbons (Fsp3) is 0.857. The molecule has 1 unspecified atom stereocenters. The number of tetrazole rings is 1. The molecule has 116 valence electrons. The first-order chi connectivity index (χ1) is 10.1. The van der Waals surface area contributed by atoms with E-state index in [-0.39, 0.29) is 6.04 Å². The van der Waals surface area contributed by atoms with Gasteiger partial charge in [0.1, 0.15) is 6.04 Å². The molecule has 1 aliphatic heterocycles. The lowest BCUT2D eigenvalue weighted by molar-refractivity contribution is -0.141. The lowest BCUT2D eigenvalue weighted by Gasteiger charge is -2.42. The van der Waals surface area contributed by atoms with Crippen LogP contribution in [0.3, 0.4) is 0 Å². The largest absolute Gasteiger partial charge is 0.480 e. The zero-order valence-corrected chi connectivity index (χ0v) is 12.3. The lowest BCUT2D eigenvalue weighted by atomic mass is 9.68. The number of hydrogen-bond donors (Lipinski definition) is 3. The molecule has 0 spiro atoms. The Kier molecular flexibility index (Phi) is 4.19. The van der Waals surface area contributed by atoms with Crippen LogP contribution >= 0.6 is 0 Å². The van der Waals surface area contributed by atoms with Crippen LogP contribution in [0.25, 0.3) is 0 Å². The SMILES string of the molecule is CC(C[C@@H]1CC[C@@H]2CN[C@@H](C(=O)O)C[C@@H]2C1)c1nn[nH]n1. The van der Waals surface area contributed by atoms with Gasteiger partial charge in [0.2, 0.25) is 0 Å². The number of aliphatic carboxylic acids is 1. The van der Waals surface area contributed by atoms with Crippen LogP contribution < -0.4 is 5.32 Å². The van der Waals surface area contributed by atoms with Crippen LogP contribution in [-0.2, 0) is 4.79 Å². The Bertz CT molecular complexity index is 478. The van der Waals surface area contributed by atoms with Gasteiger partial charge in [-0.3, -0.25) is 4.79 Å². The summed E-state index contributed by atoms with van der Waals surface area (Å²) in [7, 11) is 0. The highest BCUT2D eigenvalue weighted by molar-refractivity contribution is 5.73. The minimum Gasteiger partial charge on any atom is -0.480 e. The fourth-order valence-electron chi connectivity index (χ4n) is 4.05. The van der Waals surface area contributed by atoms with Crippen molar-refractivity contribution in [3.63, 3.8) is 0 Å². The summed E-state index contributed by atoms with van der Waals surface area (Å²) < 4.78 is 0. The number of piperidine rings is 1. The minimum atomic E-state index is -0.712. The molecule has 21 heavy (non-hydrogen) atoms. The van der Waals surface area contributed by atoms with Crippen molar-refractivity contribution >= 4 is 5.97 Å². The molecule has 3 N–H and O–H groups in total. The van der Waals surface area contributed by atoms with Gasteiger partial charge in [0.25, 0.3) is 0 Å². The Morgan fingerprint density at radius 2 is 2.24 bits per heavy atom. The maximum Gasteiger partial charge on any atom is 0.320 e. The molecule has 2 aliphatic rings. The van der Waals surface area contributed by atoms with Crippen LogP contribution in [0.1, 0.15) is 50.8 Å². The summed E-state index contributed by atoms with van der Waals surface area (Å²) in [4.78, 5) is 11.2. The molecule has 2 fully saturated rings. The smallest absolute Gasteiger partial charge is 0.320 e. The lowest BCUT2D eigenvalue weighted by Crippen LogP contribution is -2.49. The van der Waals surface area contributed by atoms with E-state index in [0.29, 0.717) is 23.7 Å². The maximum atomic E-state index is 11.2. The zero-order chi connectivity index (χ0) is 14.8. The summed E-state index contributed by atoms with van der Waals surface area (Å²) in [5.74, 6) is 2.22. The number of aromatic amines is 1. The molecular formula is C14H23N5O2. The second-order valence-electron chi connectivity index (χ2n) is 6.64. The van der Waals surface area contributed by atoms with Crippen molar-refractivity contribution in [3.8, 4) is 0 Å². The topological polar surface area (TPSA) is 104 Å². The second-order valence-corrected chi connectivity index (χ2v) is 6.64. The van der Waals surface area contributed by atoms with Crippen LogP contribution in [0.2, 0.25) is 0 Å². The summed E-state index contributed by atoms with van der Waals surface area (Å²) in [6.45, 7) is 2.99. The van der Waals surface area contributed by atoms with Crippen LogP contribution in [0.5, 0.6) is 0 Å². The van der Waals surface area contributed by atoms with E-state index < -0.39 is 5.97 Å². The third-order valence-electron chi connectivity index (χ3n) is 5.20. The van der Waals surface area contributed by atoms with Gasteiger partial charge in [-0.1, -0.05) is 18.6 Å². The third-order valence-corrected chi connectivity index (χ3v) is 5.20. The van der Waals surface area contributed by atoms with E-state index in [9.17, 15) is 9.90 Å². The zero-order valence-electron chi connectivity index (χ0n) is 12.3. The number of hydrogen-bond acceptors (Lipinski definition) is 5. The number of carboxylic acids is 1. The number of aromatic nitrogens is 4. The summed E-state index contributed by atoms with van der Waals surface area (Å²) in [5.41, 5.74) is 0. The molecule has 0 aromatic carbocycles. The number of nitrogens with one attached hydrogen (secondary N) is 2. The minimum absolute atomic E-state index is 0.308. The van der Waals surface area contributed by atoms with Crippen LogP contribution in [0, 0.1) is 17.8 Å². The molecular weight excluding hydrogens is 270 g/mol. The third kappa shape index (κ3) is 3.23. The molecule has 1 aliphatic carbocycles. The van der Waals surface area contributed by atoms with Crippen molar-refractivity contribution in [2.45, 2.75) is 51.0 Å². The molecule has 2 heterocycles. The highest BCUT2D eigenvalue weighted by Crippen LogP contribution is 2.41. The monoisotopic (exact) mass is 293 g/mol. The number of nitrogens with zero attached hydrogens (tertiary/aromatic N) is 3. The van der Waals surface area contributed by atoms with Crippen molar-refractivity contribution < 1.29 is 9.90 Å². The van der Waals surface area contributed by atoms with E-state index >= 15 is 0 Å². The predicted octanol–water partition coefficient (Wildman–Crippen LogP) is 1.17. The van der Waals surface area contributed by atoms with Gasteiger partial charge in [0.15, 0.2) is 5.82 Å². The highest BCUT2D eigenvalue weighted by atomic mass is 16.4. The van der Waals surface area contributed by atoms with Crippen LogP contribution in [0.15, 0.2) is 0 Å².